The monoisotopic (exact) mass is 256 g/mol. The number of benzene rings is 1. The first-order valence-corrected chi connectivity index (χ1v) is 5.49. The van der Waals surface area contributed by atoms with Crippen molar-refractivity contribution in [2.45, 2.75) is 13.8 Å². The molecular formula is C11H10Cl2N2O. The van der Waals surface area contributed by atoms with Gasteiger partial charge in [-0.15, -0.1) is 0 Å². The topological polar surface area (TPSA) is 44.9 Å². The third-order valence-corrected chi connectivity index (χ3v) is 2.83. The number of carbonyl (C=O) groups excluding carboxylic acids is 1. The Morgan fingerprint density at radius 2 is 2.06 bits per heavy atom. The van der Waals surface area contributed by atoms with E-state index in [0.717, 1.165) is 22.3 Å². The summed E-state index contributed by atoms with van der Waals surface area (Å²) in [5.74, 6) is -0.125. The van der Waals surface area contributed by atoms with Crippen molar-refractivity contribution >= 4 is 45.7 Å². The molecular weight excluding hydrogens is 247 g/mol. The number of H-pyrrole nitrogens is 1. The zero-order valence-electron chi connectivity index (χ0n) is 8.82. The maximum atomic E-state index is 11.1. The van der Waals surface area contributed by atoms with Crippen LogP contribution in [0.25, 0.3) is 10.9 Å². The van der Waals surface area contributed by atoms with Crippen molar-refractivity contribution in [1.82, 2.24) is 4.98 Å². The van der Waals surface area contributed by atoms with E-state index in [1.807, 2.05) is 6.92 Å². The lowest BCUT2D eigenvalue weighted by molar-refractivity contribution is -0.114. The summed E-state index contributed by atoms with van der Waals surface area (Å²) in [6.07, 6.45) is 0. The predicted octanol–water partition coefficient (Wildman–Crippen LogP) is 3.74. The maximum absolute atomic E-state index is 11.1. The molecule has 5 heteroatoms. The summed E-state index contributed by atoms with van der Waals surface area (Å²) in [4.78, 5) is 14.2. The number of aromatic nitrogens is 1. The molecule has 0 fully saturated rings. The molecule has 3 nitrogen and oxygen atoms in total. The molecule has 0 unspecified atom stereocenters. The lowest BCUT2D eigenvalue weighted by Crippen LogP contribution is -2.06. The van der Waals surface area contributed by atoms with Gasteiger partial charge in [0.25, 0.3) is 0 Å². The third kappa shape index (κ3) is 1.88. The van der Waals surface area contributed by atoms with Crippen LogP contribution in [0.3, 0.4) is 0 Å². The van der Waals surface area contributed by atoms with Crippen molar-refractivity contribution in [2.75, 3.05) is 5.32 Å². The number of amides is 1. The number of aryl methyl sites for hydroxylation is 1. The zero-order chi connectivity index (χ0) is 11.9. The van der Waals surface area contributed by atoms with Gasteiger partial charge in [-0.05, 0) is 19.1 Å². The van der Waals surface area contributed by atoms with Crippen molar-refractivity contribution in [3.8, 4) is 0 Å². The van der Waals surface area contributed by atoms with Gasteiger partial charge < -0.3 is 10.3 Å². The van der Waals surface area contributed by atoms with E-state index in [0.29, 0.717) is 10.0 Å². The number of rotatable bonds is 1. The third-order valence-electron chi connectivity index (χ3n) is 2.31. The molecule has 0 aliphatic carbocycles. The molecule has 1 amide bonds. The first-order valence-electron chi connectivity index (χ1n) is 4.74. The standard InChI is InChI=1S/C11H10Cl2N2O/c1-5-10(15-6(2)16)8-3-7(12)4-9(13)11(8)14-5/h3-4,14H,1-2H3,(H,15,16). The van der Waals surface area contributed by atoms with E-state index in [2.05, 4.69) is 10.3 Å². The van der Waals surface area contributed by atoms with Crippen molar-refractivity contribution in [2.24, 2.45) is 0 Å². The Balaban J connectivity index is 2.73. The fourth-order valence-corrected chi connectivity index (χ4v) is 2.23. The van der Waals surface area contributed by atoms with Crippen LogP contribution < -0.4 is 5.32 Å². The van der Waals surface area contributed by atoms with Gasteiger partial charge in [-0.1, -0.05) is 23.2 Å². The van der Waals surface area contributed by atoms with Gasteiger partial charge in [0.1, 0.15) is 0 Å². The number of anilines is 1. The summed E-state index contributed by atoms with van der Waals surface area (Å²) >= 11 is 12.0. The Morgan fingerprint density at radius 1 is 1.38 bits per heavy atom. The van der Waals surface area contributed by atoms with E-state index in [4.69, 9.17) is 23.2 Å². The van der Waals surface area contributed by atoms with Crippen LogP contribution in [0.4, 0.5) is 5.69 Å². The number of nitrogens with one attached hydrogen (secondary N) is 2. The average Bonchev–Trinajstić information content (AvgIpc) is 2.45. The van der Waals surface area contributed by atoms with Crippen LogP contribution in [0.15, 0.2) is 12.1 Å². The van der Waals surface area contributed by atoms with Crippen molar-refractivity contribution in [1.29, 1.82) is 0 Å². The fraction of sp³-hybridized carbons (Fsp3) is 0.182. The minimum Gasteiger partial charge on any atom is -0.356 e. The Labute approximate surface area is 103 Å². The summed E-state index contributed by atoms with van der Waals surface area (Å²) in [7, 11) is 0. The highest BCUT2D eigenvalue weighted by atomic mass is 35.5. The Hall–Kier alpha value is -1.19. The molecule has 1 aromatic carbocycles. The molecule has 0 radical (unpaired) electrons. The molecule has 0 saturated carbocycles. The molecule has 0 aliphatic rings. The smallest absolute Gasteiger partial charge is 0.221 e. The molecule has 2 rings (SSSR count). The number of hydrogen-bond donors (Lipinski definition) is 2. The van der Waals surface area contributed by atoms with Gasteiger partial charge in [-0.3, -0.25) is 4.79 Å². The normalized spacial score (nSPS) is 10.8. The largest absolute Gasteiger partial charge is 0.356 e. The highest BCUT2D eigenvalue weighted by Gasteiger charge is 2.12. The second-order valence-corrected chi connectivity index (χ2v) is 4.46. The van der Waals surface area contributed by atoms with Crippen LogP contribution in [-0.4, -0.2) is 10.9 Å². The summed E-state index contributed by atoms with van der Waals surface area (Å²) in [5.41, 5.74) is 2.37. The minimum absolute atomic E-state index is 0.125. The lowest BCUT2D eigenvalue weighted by Gasteiger charge is -2.02. The Kier molecular flexibility index (Phi) is 2.82. The summed E-state index contributed by atoms with van der Waals surface area (Å²) in [5, 5.41) is 4.68. The number of aromatic amines is 1. The molecule has 0 saturated heterocycles. The predicted molar refractivity (Wildman–Crippen MR) is 67.4 cm³/mol. The van der Waals surface area contributed by atoms with Gasteiger partial charge in [0, 0.05) is 23.0 Å². The summed E-state index contributed by atoms with van der Waals surface area (Å²) in [6.45, 7) is 3.33. The van der Waals surface area contributed by atoms with Crippen LogP contribution in [0, 0.1) is 6.92 Å². The molecule has 1 heterocycles. The van der Waals surface area contributed by atoms with E-state index < -0.39 is 0 Å². The molecule has 2 aromatic rings. The molecule has 16 heavy (non-hydrogen) atoms. The molecule has 0 bridgehead atoms. The van der Waals surface area contributed by atoms with Gasteiger partial charge in [-0.2, -0.15) is 0 Å². The fourth-order valence-electron chi connectivity index (χ4n) is 1.69. The van der Waals surface area contributed by atoms with Crippen LogP contribution >= 0.6 is 23.2 Å². The molecule has 0 aliphatic heterocycles. The van der Waals surface area contributed by atoms with Crippen LogP contribution in [0.2, 0.25) is 10.0 Å². The van der Waals surface area contributed by atoms with Gasteiger partial charge in [-0.25, -0.2) is 0 Å². The van der Waals surface area contributed by atoms with Gasteiger partial charge >= 0.3 is 0 Å². The van der Waals surface area contributed by atoms with Gasteiger partial charge in [0.2, 0.25) is 5.91 Å². The van der Waals surface area contributed by atoms with Crippen LogP contribution in [-0.2, 0) is 4.79 Å². The van der Waals surface area contributed by atoms with Gasteiger partial charge in [0.15, 0.2) is 0 Å². The van der Waals surface area contributed by atoms with E-state index in [9.17, 15) is 4.79 Å². The minimum atomic E-state index is -0.125. The van der Waals surface area contributed by atoms with E-state index in [1.165, 1.54) is 6.92 Å². The zero-order valence-corrected chi connectivity index (χ0v) is 10.3. The second-order valence-electron chi connectivity index (χ2n) is 3.62. The number of hydrogen-bond acceptors (Lipinski definition) is 1. The molecule has 0 atom stereocenters. The summed E-state index contributed by atoms with van der Waals surface area (Å²) < 4.78 is 0. The Morgan fingerprint density at radius 3 is 2.69 bits per heavy atom. The van der Waals surface area contributed by atoms with Crippen LogP contribution in [0.5, 0.6) is 0 Å². The molecule has 0 spiro atoms. The first kappa shape index (κ1) is 11.3. The SMILES string of the molecule is CC(=O)Nc1c(C)[nH]c2c(Cl)cc(Cl)cc12. The maximum Gasteiger partial charge on any atom is 0.221 e. The molecule has 1 aromatic heterocycles. The molecule has 84 valence electrons. The number of halogens is 2. The lowest BCUT2D eigenvalue weighted by atomic mass is 10.2. The highest BCUT2D eigenvalue weighted by Crippen LogP contribution is 2.34. The highest BCUT2D eigenvalue weighted by molar-refractivity contribution is 6.39. The second kappa shape index (κ2) is 4.00. The van der Waals surface area contributed by atoms with E-state index in [-0.39, 0.29) is 5.91 Å². The number of fused-ring (bicyclic) bond motifs is 1. The quantitative estimate of drug-likeness (QED) is 0.803. The Bertz CT molecular complexity index is 575. The van der Waals surface area contributed by atoms with Crippen molar-refractivity contribution in [3.63, 3.8) is 0 Å². The van der Waals surface area contributed by atoms with Gasteiger partial charge in [0.05, 0.1) is 16.2 Å². The van der Waals surface area contributed by atoms with E-state index in [1.54, 1.807) is 12.1 Å². The number of carbonyl (C=O) groups is 1. The van der Waals surface area contributed by atoms with Crippen molar-refractivity contribution in [3.05, 3.63) is 27.9 Å². The van der Waals surface area contributed by atoms with E-state index >= 15 is 0 Å². The average molecular weight is 257 g/mol. The first-order chi connectivity index (χ1) is 7.49. The summed E-state index contributed by atoms with van der Waals surface area (Å²) in [6, 6.07) is 3.44. The molecule has 2 N–H and O–H groups in total. The van der Waals surface area contributed by atoms with Crippen LogP contribution in [0.1, 0.15) is 12.6 Å². The van der Waals surface area contributed by atoms with Crippen molar-refractivity contribution < 1.29 is 4.79 Å².